The van der Waals surface area contributed by atoms with Gasteiger partial charge in [-0.15, -0.1) is 0 Å². The fourth-order valence-corrected chi connectivity index (χ4v) is 0. The largest absolute Gasteiger partial charge is 2.00 e. The van der Waals surface area contributed by atoms with E-state index in [1.807, 2.05) is 0 Å². The molecule has 0 rings (SSSR count). The maximum Gasteiger partial charge on any atom is 2.00 e. The zero-order valence-corrected chi connectivity index (χ0v) is 13.8. The summed E-state index contributed by atoms with van der Waals surface area (Å²) < 4.78 is 0. The number of aliphatic hydroxyl groups excluding tert-OH is 2. The number of hydrogen-bond acceptors (Lipinski definition) is 4. The predicted molar refractivity (Wildman–Crippen MR) is 44.4 cm³/mol. The molecule has 0 heterocycles. The second-order valence-corrected chi connectivity index (χ2v) is 2.03. The number of aliphatic carboxylic acids is 2. The first-order chi connectivity index (χ1) is 5.29. The van der Waals surface area contributed by atoms with Gasteiger partial charge >= 0.3 is 101 Å². The van der Waals surface area contributed by atoms with Crippen molar-refractivity contribution in [1.82, 2.24) is 0 Å². The number of rotatable bonds is 2. The van der Waals surface area contributed by atoms with Crippen LogP contribution in [0.5, 0.6) is 0 Å². The van der Waals surface area contributed by atoms with Gasteiger partial charge in [0.15, 0.2) is 0 Å². The van der Waals surface area contributed by atoms with Gasteiger partial charge in [-0.2, -0.15) is 0 Å². The van der Waals surface area contributed by atoms with Gasteiger partial charge < -0.3 is 20.4 Å². The molecule has 72 valence electrons. The van der Waals surface area contributed by atoms with Crippen molar-refractivity contribution >= 4 is 49.7 Å². The summed E-state index contributed by atoms with van der Waals surface area (Å²) in [5.74, 6) is -2.37. The molecule has 0 fully saturated rings. The summed E-state index contributed by atoms with van der Waals surface area (Å²) in [4.78, 5) is 18.9. The first-order valence-electron chi connectivity index (χ1n) is 3.10. The van der Waals surface area contributed by atoms with Crippen molar-refractivity contribution in [3.63, 3.8) is 0 Å². The minimum Gasteiger partial charge on any atom is -0.479 e. The third kappa shape index (κ3) is 23.5. The Hall–Kier alpha value is 1.76. The van der Waals surface area contributed by atoms with E-state index >= 15 is 0 Å². The third-order valence-electron chi connectivity index (χ3n) is 0.715. The van der Waals surface area contributed by atoms with Gasteiger partial charge in [0.05, 0.1) is 0 Å². The average Bonchev–Trinajstić information content (AvgIpc) is 1.88. The first-order valence-corrected chi connectivity index (χ1v) is 3.10. The zero-order valence-electron chi connectivity index (χ0n) is 8.47. The molecule has 0 bridgehead atoms. The van der Waals surface area contributed by atoms with Gasteiger partial charge in [-0.3, -0.25) is 0 Å². The first kappa shape index (κ1) is 24.8. The van der Waals surface area contributed by atoms with Crippen LogP contribution in [0.4, 0.5) is 0 Å². The van der Waals surface area contributed by atoms with Gasteiger partial charge in [0.1, 0.15) is 12.2 Å². The number of carbonyl (C=O) groups is 2. The molecule has 2 atom stereocenters. The molecule has 2 unspecified atom stereocenters. The predicted octanol–water partition coefficient (Wildman–Crippen LogP) is -4.47. The SMILES string of the molecule is CC(O)C(=O)O.CC(O)C(=O)O.[Ca+2].[K+]. The summed E-state index contributed by atoms with van der Waals surface area (Å²) in [7, 11) is 0. The van der Waals surface area contributed by atoms with Crippen LogP contribution in [-0.4, -0.2) is 82.3 Å². The molecule has 0 amide bonds. The van der Waals surface area contributed by atoms with E-state index in [0.717, 1.165) is 0 Å². The van der Waals surface area contributed by atoms with E-state index in [1.165, 1.54) is 13.8 Å². The van der Waals surface area contributed by atoms with Gasteiger partial charge in [-0.1, -0.05) is 0 Å². The standard InChI is InChI=1S/2C3H6O3.Ca.K/c2*1-2(4)3(5)6;;/h2*2,4H,1H3,(H,5,6);;/q;;+2;+1. The van der Waals surface area contributed by atoms with Gasteiger partial charge in [-0.25, -0.2) is 9.59 Å². The van der Waals surface area contributed by atoms with E-state index < -0.39 is 24.1 Å². The molecule has 0 spiro atoms. The van der Waals surface area contributed by atoms with Crippen LogP contribution in [0, 0.1) is 0 Å². The Bertz CT molecular complexity index is 142. The van der Waals surface area contributed by atoms with E-state index in [0.29, 0.717) is 0 Å². The average molecular weight is 259 g/mol. The summed E-state index contributed by atoms with van der Waals surface area (Å²) in [5.41, 5.74) is 0. The van der Waals surface area contributed by atoms with Crippen molar-refractivity contribution in [2.24, 2.45) is 0 Å². The molecule has 8 heteroatoms. The maximum absolute atomic E-state index is 9.45. The molecule has 0 saturated carbocycles. The Morgan fingerprint density at radius 3 is 1.00 bits per heavy atom. The molecular formula is C6H12CaKO6+3. The Kier molecular flexibility index (Phi) is 26.2. The Morgan fingerprint density at radius 1 is 0.929 bits per heavy atom. The molecule has 0 aromatic heterocycles. The second-order valence-electron chi connectivity index (χ2n) is 2.03. The number of hydrogen-bond donors (Lipinski definition) is 4. The van der Waals surface area contributed by atoms with Crippen LogP contribution in [0.3, 0.4) is 0 Å². The molecule has 0 aromatic rings. The van der Waals surface area contributed by atoms with E-state index in [1.54, 1.807) is 0 Å². The van der Waals surface area contributed by atoms with Crippen LogP contribution >= 0.6 is 0 Å². The molecule has 14 heavy (non-hydrogen) atoms. The Labute approximate surface area is 154 Å². The molecule has 0 saturated heterocycles. The number of carboxylic acids is 2. The van der Waals surface area contributed by atoms with Gasteiger partial charge in [0.25, 0.3) is 0 Å². The van der Waals surface area contributed by atoms with Crippen molar-refractivity contribution in [1.29, 1.82) is 0 Å². The summed E-state index contributed by atoms with van der Waals surface area (Å²) in [6, 6.07) is 0. The Morgan fingerprint density at radius 2 is 1.00 bits per heavy atom. The molecule has 0 aliphatic heterocycles. The molecule has 4 N–H and O–H groups in total. The van der Waals surface area contributed by atoms with Gasteiger partial charge in [0.2, 0.25) is 0 Å². The third-order valence-corrected chi connectivity index (χ3v) is 0.715. The number of carboxylic acid groups (broad SMARTS) is 2. The molecule has 0 aliphatic carbocycles. The summed E-state index contributed by atoms with van der Waals surface area (Å²) in [6.07, 6.45) is -2.46. The molecule has 0 aliphatic rings. The van der Waals surface area contributed by atoms with Crippen LogP contribution in [0.25, 0.3) is 0 Å². The smallest absolute Gasteiger partial charge is 0.479 e. The van der Waals surface area contributed by atoms with Crippen molar-refractivity contribution < 1.29 is 81.4 Å². The van der Waals surface area contributed by atoms with E-state index in [-0.39, 0.29) is 89.1 Å². The fourth-order valence-electron chi connectivity index (χ4n) is 0. The minimum atomic E-state index is -1.23. The van der Waals surface area contributed by atoms with Crippen LogP contribution in [0.15, 0.2) is 0 Å². The summed E-state index contributed by atoms with van der Waals surface area (Å²) in [5, 5.41) is 31.5. The maximum atomic E-state index is 9.45. The summed E-state index contributed by atoms with van der Waals surface area (Å²) >= 11 is 0. The van der Waals surface area contributed by atoms with Gasteiger partial charge in [-0.05, 0) is 13.8 Å². The Balaban J connectivity index is -0.0000000625. The quantitative estimate of drug-likeness (QED) is 0.372. The van der Waals surface area contributed by atoms with E-state index in [2.05, 4.69) is 0 Å². The van der Waals surface area contributed by atoms with Crippen LogP contribution in [-0.2, 0) is 9.59 Å². The van der Waals surface area contributed by atoms with Crippen LogP contribution in [0.1, 0.15) is 13.8 Å². The van der Waals surface area contributed by atoms with E-state index in [4.69, 9.17) is 20.4 Å². The number of aliphatic hydroxyl groups is 2. The fraction of sp³-hybridized carbons (Fsp3) is 0.667. The monoisotopic (exact) mass is 259 g/mol. The van der Waals surface area contributed by atoms with E-state index in [9.17, 15) is 9.59 Å². The molecule has 0 radical (unpaired) electrons. The van der Waals surface area contributed by atoms with Crippen molar-refractivity contribution in [3.8, 4) is 0 Å². The normalized spacial score (nSPS) is 11.7. The summed E-state index contributed by atoms with van der Waals surface area (Å²) in [6.45, 7) is 2.39. The second kappa shape index (κ2) is 14.8. The van der Waals surface area contributed by atoms with Crippen molar-refractivity contribution in [2.45, 2.75) is 26.1 Å². The topological polar surface area (TPSA) is 115 Å². The van der Waals surface area contributed by atoms with Crippen molar-refractivity contribution in [2.75, 3.05) is 0 Å². The van der Waals surface area contributed by atoms with Crippen molar-refractivity contribution in [3.05, 3.63) is 0 Å². The van der Waals surface area contributed by atoms with Gasteiger partial charge in [0, 0.05) is 0 Å². The zero-order chi connectivity index (χ0) is 10.3. The van der Waals surface area contributed by atoms with Crippen LogP contribution < -0.4 is 51.4 Å². The molecule has 6 nitrogen and oxygen atoms in total. The van der Waals surface area contributed by atoms with Crippen LogP contribution in [0.2, 0.25) is 0 Å². The molecular weight excluding hydrogens is 247 g/mol. The minimum absolute atomic E-state index is 0. The molecule has 0 aromatic carbocycles.